The summed E-state index contributed by atoms with van der Waals surface area (Å²) in [6.07, 6.45) is 2.86. The molecule has 5 rings (SSSR count). The Morgan fingerprint density at radius 1 is 0.857 bits per heavy atom. The topological polar surface area (TPSA) is 99.8 Å². The van der Waals surface area contributed by atoms with Gasteiger partial charge in [0.15, 0.2) is 5.82 Å². The summed E-state index contributed by atoms with van der Waals surface area (Å²) in [7, 11) is 0. The van der Waals surface area contributed by atoms with Gasteiger partial charge in [0.05, 0.1) is 17.3 Å². The minimum atomic E-state index is -0.208. The summed E-state index contributed by atoms with van der Waals surface area (Å²) < 4.78 is 0. The van der Waals surface area contributed by atoms with Gasteiger partial charge in [-0.1, -0.05) is 66.7 Å². The van der Waals surface area contributed by atoms with E-state index in [0.717, 1.165) is 39.4 Å². The lowest BCUT2D eigenvalue weighted by Gasteiger charge is -2.09. The molecule has 0 saturated carbocycles. The lowest BCUT2D eigenvalue weighted by Crippen LogP contribution is -2.27. The molecule has 7 nitrogen and oxygen atoms in total. The third-order valence-corrected chi connectivity index (χ3v) is 5.93. The maximum Gasteiger partial charge on any atom is 0.272 e. The number of hydrogen-bond acceptors (Lipinski definition) is 5. The maximum absolute atomic E-state index is 12.4. The number of carbonyl (C=O) groups is 1. The van der Waals surface area contributed by atoms with Crippen LogP contribution in [0.4, 0.5) is 5.82 Å². The minimum Gasteiger partial charge on any atom is -0.368 e. The van der Waals surface area contributed by atoms with E-state index in [1.165, 1.54) is 0 Å². The van der Waals surface area contributed by atoms with Gasteiger partial charge in [-0.15, -0.1) is 0 Å². The average molecular weight is 464 g/mol. The van der Waals surface area contributed by atoms with E-state index < -0.39 is 0 Å². The van der Waals surface area contributed by atoms with Crippen molar-refractivity contribution < 1.29 is 4.79 Å². The number of aromatic amines is 1. The molecule has 174 valence electrons. The number of fused-ring (bicyclic) bond motifs is 2. The van der Waals surface area contributed by atoms with Gasteiger partial charge in [0.2, 0.25) is 5.91 Å². The van der Waals surface area contributed by atoms with E-state index in [-0.39, 0.29) is 11.5 Å². The normalized spacial score (nSPS) is 11.0. The van der Waals surface area contributed by atoms with Crippen LogP contribution in [0.2, 0.25) is 0 Å². The van der Waals surface area contributed by atoms with E-state index in [0.29, 0.717) is 30.7 Å². The predicted molar refractivity (Wildman–Crippen MR) is 139 cm³/mol. The van der Waals surface area contributed by atoms with Gasteiger partial charge in [0, 0.05) is 35.6 Å². The van der Waals surface area contributed by atoms with Crippen LogP contribution >= 0.6 is 0 Å². The molecule has 2 aromatic heterocycles. The van der Waals surface area contributed by atoms with Crippen LogP contribution in [0.3, 0.4) is 0 Å². The number of carbonyl (C=O) groups excluding carboxylic acids is 1. The van der Waals surface area contributed by atoms with E-state index in [9.17, 15) is 9.59 Å². The second-order valence-corrected chi connectivity index (χ2v) is 8.33. The molecular weight excluding hydrogens is 438 g/mol. The van der Waals surface area contributed by atoms with Crippen molar-refractivity contribution >= 4 is 33.4 Å². The number of para-hydroxylation sites is 1. The zero-order chi connectivity index (χ0) is 24.0. The van der Waals surface area contributed by atoms with Crippen molar-refractivity contribution in [3.8, 4) is 11.1 Å². The Balaban J connectivity index is 1.12. The van der Waals surface area contributed by atoms with Gasteiger partial charge < -0.3 is 10.6 Å². The molecule has 5 aromatic rings. The number of nitrogens with zero attached hydrogens (tertiary/aromatic N) is 2. The number of benzene rings is 3. The summed E-state index contributed by atoms with van der Waals surface area (Å²) in [6, 6.07) is 25.5. The molecule has 0 radical (unpaired) electrons. The fourth-order valence-electron chi connectivity index (χ4n) is 4.16. The molecule has 0 aliphatic rings. The highest BCUT2D eigenvalue weighted by atomic mass is 16.1. The molecule has 35 heavy (non-hydrogen) atoms. The van der Waals surface area contributed by atoms with Gasteiger partial charge in [0.25, 0.3) is 5.56 Å². The van der Waals surface area contributed by atoms with Crippen molar-refractivity contribution in [2.45, 2.75) is 12.8 Å². The number of amides is 1. The zero-order valence-corrected chi connectivity index (χ0v) is 19.1. The Bertz CT molecular complexity index is 1540. The van der Waals surface area contributed by atoms with Gasteiger partial charge >= 0.3 is 0 Å². The lowest BCUT2D eigenvalue weighted by molar-refractivity contribution is -0.120. The number of nitrogens with one attached hydrogen (secondary N) is 3. The van der Waals surface area contributed by atoms with Crippen molar-refractivity contribution in [2.24, 2.45) is 0 Å². The highest BCUT2D eigenvalue weighted by molar-refractivity contribution is 5.93. The summed E-state index contributed by atoms with van der Waals surface area (Å²) in [4.78, 5) is 28.8. The molecule has 0 fully saturated rings. The predicted octanol–water partition coefficient (Wildman–Crippen LogP) is 4.30. The second-order valence-electron chi connectivity index (χ2n) is 8.33. The molecule has 0 aliphatic carbocycles. The standard InChI is InChI=1S/C28H25N5O2/c34-25(29-16-5-17-31-27-23-8-1-2-9-24(23)28(35)33-32-27)18-19-11-13-20(14-12-19)22-10-3-6-21-7-4-15-30-26(21)22/h1-4,6-15H,5,16-18H2,(H,29,34)(H,31,32)(H,33,35). The first-order valence-electron chi connectivity index (χ1n) is 11.6. The third-order valence-electron chi connectivity index (χ3n) is 5.93. The Kier molecular flexibility index (Phi) is 6.48. The van der Waals surface area contributed by atoms with Crippen LogP contribution in [0, 0.1) is 0 Å². The smallest absolute Gasteiger partial charge is 0.272 e. The molecule has 3 aromatic carbocycles. The number of rotatable bonds is 8. The largest absolute Gasteiger partial charge is 0.368 e. The molecule has 0 spiro atoms. The van der Waals surface area contributed by atoms with Crippen LogP contribution in [-0.2, 0) is 11.2 Å². The summed E-state index contributed by atoms with van der Waals surface area (Å²) in [6.45, 7) is 1.17. The molecule has 0 unspecified atom stereocenters. The first kappa shape index (κ1) is 22.3. The number of H-pyrrole nitrogens is 1. The van der Waals surface area contributed by atoms with E-state index in [4.69, 9.17) is 0 Å². The Morgan fingerprint density at radius 2 is 1.66 bits per heavy atom. The quantitative estimate of drug-likeness (QED) is 0.298. The third kappa shape index (κ3) is 5.04. The van der Waals surface area contributed by atoms with Crippen molar-refractivity contribution in [1.29, 1.82) is 0 Å². The van der Waals surface area contributed by atoms with E-state index in [2.05, 4.69) is 44.0 Å². The molecule has 0 aliphatic heterocycles. The van der Waals surface area contributed by atoms with Gasteiger partial charge in [-0.2, -0.15) is 5.10 Å². The van der Waals surface area contributed by atoms with Crippen LogP contribution < -0.4 is 16.2 Å². The average Bonchev–Trinajstić information content (AvgIpc) is 2.90. The maximum atomic E-state index is 12.4. The van der Waals surface area contributed by atoms with Crippen molar-refractivity contribution in [2.75, 3.05) is 18.4 Å². The summed E-state index contributed by atoms with van der Waals surface area (Å²) in [5, 5.41) is 15.3. The summed E-state index contributed by atoms with van der Waals surface area (Å²) in [5.41, 5.74) is 3.88. The van der Waals surface area contributed by atoms with Crippen molar-refractivity contribution in [3.05, 3.63) is 101 Å². The van der Waals surface area contributed by atoms with Crippen molar-refractivity contribution in [3.63, 3.8) is 0 Å². The number of aromatic nitrogens is 3. The molecule has 7 heteroatoms. The van der Waals surface area contributed by atoms with Crippen LogP contribution in [0.15, 0.2) is 89.9 Å². The summed E-state index contributed by atoms with van der Waals surface area (Å²) in [5.74, 6) is 0.616. The SMILES string of the molecule is O=C(Cc1ccc(-c2cccc3cccnc23)cc1)NCCCNc1n[nH]c(=O)c2ccccc12. The van der Waals surface area contributed by atoms with E-state index in [1.54, 1.807) is 12.3 Å². The number of anilines is 1. The number of hydrogen-bond donors (Lipinski definition) is 3. The van der Waals surface area contributed by atoms with Crippen LogP contribution in [0.25, 0.3) is 32.8 Å². The molecule has 1 amide bonds. The van der Waals surface area contributed by atoms with Gasteiger partial charge in [0.1, 0.15) is 0 Å². The Labute approximate surface area is 202 Å². The van der Waals surface area contributed by atoms with Crippen LogP contribution in [0.5, 0.6) is 0 Å². The number of pyridine rings is 1. The van der Waals surface area contributed by atoms with Gasteiger partial charge in [-0.3, -0.25) is 14.6 Å². The summed E-state index contributed by atoms with van der Waals surface area (Å²) >= 11 is 0. The monoisotopic (exact) mass is 463 g/mol. The van der Waals surface area contributed by atoms with Gasteiger partial charge in [-0.05, 0) is 29.7 Å². The Morgan fingerprint density at radius 3 is 2.51 bits per heavy atom. The minimum absolute atomic E-state index is 0.0165. The molecule has 0 bridgehead atoms. The molecule has 2 heterocycles. The highest BCUT2D eigenvalue weighted by Gasteiger charge is 2.08. The fourth-order valence-corrected chi connectivity index (χ4v) is 4.16. The van der Waals surface area contributed by atoms with E-state index >= 15 is 0 Å². The molecule has 3 N–H and O–H groups in total. The highest BCUT2D eigenvalue weighted by Crippen LogP contribution is 2.27. The van der Waals surface area contributed by atoms with Crippen LogP contribution in [0.1, 0.15) is 12.0 Å². The first-order valence-corrected chi connectivity index (χ1v) is 11.6. The van der Waals surface area contributed by atoms with Gasteiger partial charge in [-0.25, -0.2) is 5.10 Å². The van der Waals surface area contributed by atoms with Crippen LogP contribution in [-0.4, -0.2) is 34.2 Å². The van der Waals surface area contributed by atoms with Crippen molar-refractivity contribution in [1.82, 2.24) is 20.5 Å². The second kappa shape index (κ2) is 10.2. The Hall–Kier alpha value is -4.52. The molecular formula is C28H25N5O2. The molecule has 0 saturated heterocycles. The zero-order valence-electron chi connectivity index (χ0n) is 19.1. The fraction of sp³-hybridized carbons (Fsp3) is 0.143. The lowest BCUT2D eigenvalue weighted by atomic mass is 10.00. The first-order chi connectivity index (χ1) is 17.2. The molecule has 0 atom stereocenters. The van der Waals surface area contributed by atoms with E-state index in [1.807, 2.05) is 54.6 Å².